The van der Waals surface area contributed by atoms with E-state index in [1.165, 1.54) is 238 Å². The summed E-state index contributed by atoms with van der Waals surface area (Å²) in [4.78, 5) is 38.2. The van der Waals surface area contributed by atoms with Crippen LogP contribution in [-0.4, -0.2) is 37.2 Å². The summed E-state index contributed by atoms with van der Waals surface area (Å²) >= 11 is 0. The summed E-state index contributed by atoms with van der Waals surface area (Å²) in [6.07, 6.45) is 67.4. The third-order valence-electron chi connectivity index (χ3n) is 13.7. The second kappa shape index (κ2) is 57.5. The molecule has 0 amide bonds. The molecule has 0 radical (unpaired) electrons. The van der Waals surface area contributed by atoms with E-state index in [9.17, 15) is 14.4 Å². The first-order chi connectivity index (χ1) is 33.5. The van der Waals surface area contributed by atoms with E-state index in [4.69, 9.17) is 14.2 Å². The number of hydrogen-bond acceptors (Lipinski definition) is 6. The van der Waals surface area contributed by atoms with Crippen LogP contribution in [0.4, 0.5) is 0 Å². The van der Waals surface area contributed by atoms with E-state index in [0.717, 1.165) is 57.8 Å². The van der Waals surface area contributed by atoms with Crippen LogP contribution in [0.25, 0.3) is 0 Å². The molecule has 0 aliphatic heterocycles. The van der Waals surface area contributed by atoms with E-state index < -0.39 is 6.10 Å². The molecule has 0 aliphatic rings. The monoisotopic (exact) mass is 957 g/mol. The molecule has 0 heterocycles. The largest absolute Gasteiger partial charge is 0.462 e. The van der Waals surface area contributed by atoms with Gasteiger partial charge in [0.05, 0.1) is 0 Å². The van der Waals surface area contributed by atoms with Crippen LogP contribution in [-0.2, 0) is 28.6 Å². The molecule has 0 saturated carbocycles. The first kappa shape index (κ1) is 65.9. The lowest BCUT2D eigenvalue weighted by Crippen LogP contribution is -2.30. The third-order valence-corrected chi connectivity index (χ3v) is 13.7. The zero-order chi connectivity index (χ0) is 49.3. The molecule has 0 aromatic carbocycles. The normalized spacial score (nSPS) is 12.1. The van der Waals surface area contributed by atoms with E-state index in [1.54, 1.807) is 0 Å². The Kier molecular flexibility index (Phi) is 55.7. The molecular weight excluding hydrogens is 841 g/mol. The SMILES string of the molecule is CCCCCC/C=C\CCCCCCCCCC(=O)OCC(COC(=O)CCCCCCCCC/C=C\CCCCCCCCCC)OC(=O)CCCCCCCCCCCCCCCCCC. The van der Waals surface area contributed by atoms with Crippen molar-refractivity contribution in [3.05, 3.63) is 24.3 Å². The maximum atomic E-state index is 12.9. The van der Waals surface area contributed by atoms with E-state index >= 15 is 0 Å². The summed E-state index contributed by atoms with van der Waals surface area (Å²) in [7, 11) is 0. The Balaban J connectivity index is 4.32. The standard InChI is InChI=1S/C62H116O6/c1-4-7-10-13-16-19-22-25-28-30-31-32-35-37-40-43-46-49-52-55-61(64)67-58-59(57-66-60(63)54-51-48-45-42-39-36-33-27-24-21-18-15-12-9-6-3)68-62(65)56-53-50-47-44-41-38-34-29-26-23-20-17-14-11-8-5-2/h21,24,30-31,59H,4-20,22-23,25-29,32-58H2,1-3H3/b24-21-,31-30-. The number of esters is 3. The molecule has 0 bridgehead atoms. The first-order valence-electron chi connectivity index (χ1n) is 30.3. The topological polar surface area (TPSA) is 78.9 Å². The van der Waals surface area contributed by atoms with Gasteiger partial charge in [-0.05, 0) is 70.6 Å². The second-order valence-corrected chi connectivity index (χ2v) is 20.6. The fourth-order valence-corrected chi connectivity index (χ4v) is 9.08. The lowest BCUT2D eigenvalue weighted by molar-refractivity contribution is -0.167. The highest BCUT2D eigenvalue weighted by atomic mass is 16.6. The second-order valence-electron chi connectivity index (χ2n) is 20.6. The van der Waals surface area contributed by atoms with Gasteiger partial charge >= 0.3 is 17.9 Å². The molecule has 0 aromatic heterocycles. The number of unbranched alkanes of at least 4 members (excludes halogenated alkanes) is 41. The van der Waals surface area contributed by atoms with E-state index in [0.29, 0.717) is 19.3 Å². The van der Waals surface area contributed by atoms with Crippen molar-refractivity contribution in [2.45, 2.75) is 341 Å². The number of allylic oxidation sites excluding steroid dienone is 4. The molecule has 0 spiro atoms. The molecule has 0 fully saturated rings. The molecule has 0 N–H and O–H groups in total. The number of rotatable bonds is 56. The quantitative estimate of drug-likeness (QED) is 0.0262. The molecule has 400 valence electrons. The Morgan fingerprint density at radius 3 is 0.750 bits per heavy atom. The molecular formula is C62H116O6. The van der Waals surface area contributed by atoms with Gasteiger partial charge in [-0.3, -0.25) is 14.4 Å². The van der Waals surface area contributed by atoms with Crippen molar-refractivity contribution in [2.75, 3.05) is 13.2 Å². The lowest BCUT2D eigenvalue weighted by Gasteiger charge is -2.18. The van der Waals surface area contributed by atoms with Crippen LogP contribution in [0.5, 0.6) is 0 Å². The zero-order valence-electron chi connectivity index (χ0n) is 45.9. The van der Waals surface area contributed by atoms with Gasteiger partial charge in [0.2, 0.25) is 0 Å². The average molecular weight is 958 g/mol. The van der Waals surface area contributed by atoms with Crippen LogP contribution in [0.3, 0.4) is 0 Å². The summed E-state index contributed by atoms with van der Waals surface area (Å²) in [5, 5.41) is 0. The molecule has 0 saturated heterocycles. The van der Waals surface area contributed by atoms with Crippen LogP contribution in [0.1, 0.15) is 335 Å². The smallest absolute Gasteiger partial charge is 0.306 e. The van der Waals surface area contributed by atoms with E-state index in [1.807, 2.05) is 0 Å². The summed E-state index contributed by atoms with van der Waals surface area (Å²) in [5.74, 6) is -0.855. The number of hydrogen-bond donors (Lipinski definition) is 0. The summed E-state index contributed by atoms with van der Waals surface area (Å²) < 4.78 is 16.9. The van der Waals surface area contributed by atoms with Crippen LogP contribution < -0.4 is 0 Å². The summed E-state index contributed by atoms with van der Waals surface area (Å²) in [5.41, 5.74) is 0. The van der Waals surface area contributed by atoms with Gasteiger partial charge in [-0.25, -0.2) is 0 Å². The van der Waals surface area contributed by atoms with Gasteiger partial charge in [0.1, 0.15) is 13.2 Å². The molecule has 0 rings (SSSR count). The molecule has 0 aliphatic carbocycles. The van der Waals surface area contributed by atoms with Gasteiger partial charge in [0.25, 0.3) is 0 Å². The minimum Gasteiger partial charge on any atom is -0.462 e. The van der Waals surface area contributed by atoms with Crippen LogP contribution in [0, 0.1) is 0 Å². The van der Waals surface area contributed by atoms with Crippen molar-refractivity contribution in [2.24, 2.45) is 0 Å². The fraction of sp³-hybridized carbons (Fsp3) is 0.887. The number of ether oxygens (including phenoxy) is 3. The highest BCUT2D eigenvalue weighted by molar-refractivity contribution is 5.71. The van der Waals surface area contributed by atoms with Gasteiger partial charge in [-0.1, -0.05) is 270 Å². The van der Waals surface area contributed by atoms with Crippen molar-refractivity contribution >= 4 is 17.9 Å². The molecule has 1 atom stereocenters. The van der Waals surface area contributed by atoms with Crippen LogP contribution in [0.15, 0.2) is 24.3 Å². The summed E-state index contributed by atoms with van der Waals surface area (Å²) in [6, 6.07) is 0. The average Bonchev–Trinajstić information content (AvgIpc) is 3.34. The van der Waals surface area contributed by atoms with Crippen molar-refractivity contribution in [3.63, 3.8) is 0 Å². The highest BCUT2D eigenvalue weighted by Gasteiger charge is 2.19. The maximum Gasteiger partial charge on any atom is 0.306 e. The van der Waals surface area contributed by atoms with Gasteiger partial charge < -0.3 is 14.2 Å². The van der Waals surface area contributed by atoms with Crippen molar-refractivity contribution < 1.29 is 28.6 Å². The molecule has 6 heteroatoms. The molecule has 6 nitrogen and oxygen atoms in total. The van der Waals surface area contributed by atoms with Gasteiger partial charge in [-0.2, -0.15) is 0 Å². The van der Waals surface area contributed by atoms with Crippen molar-refractivity contribution in [1.82, 2.24) is 0 Å². The Labute approximate surface area is 423 Å². The van der Waals surface area contributed by atoms with Gasteiger partial charge in [-0.15, -0.1) is 0 Å². The summed E-state index contributed by atoms with van der Waals surface area (Å²) in [6.45, 7) is 6.68. The minimum absolute atomic E-state index is 0.0703. The zero-order valence-corrected chi connectivity index (χ0v) is 45.9. The van der Waals surface area contributed by atoms with Crippen LogP contribution >= 0.6 is 0 Å². The Morgan fingerprint density at radius 2 is 0.485 bits per heavy atom. The Hall–Kier alpha value is -2.11. The van der Waals surface area contributed by atoms with Crippen molar-refractivity contribution in [1.29, 1.82) is 0 Å². The minimum atomic E-state index is -0.771. The van der Waals surface area contributed by atoms with Gasteiger partial charge in [0.15, 0.2) is 6.10 Å². The van der Waals surface area contributed by atoms with Crippen molar-refractivity contribution in [3.8, 4) is 0 Å². The van der Waals surface area contributed by atoms with Gasteiger partial charge in [0, 0.05) is 19.3 Å². The first-order valence-corrected chi connectivity index (χ1v) is 30.3. The fourth-order valence-electron chi connectivity index (χ4n) is 9.08. The lowest BCUT2D eigenvalue weighted by atomic mass is 10.0. The Morgan fingerprint density at radius 1 is 0.279 bits per heavy atom. The van der Waals surface area contributed by atoms with E-state index in [-0.39, 0.29) is 31.1 Å². The highest BCUT2D eigenvalue weighted by Crippen LogP contribution is 2.17. The maximum absolute atomic E-state index is 12.9. The van der Waals surface area contributed by atoms with E-state index in [2.05, 4.69) is 45.1 Å². The predicted molar refractivity (Wildman–Crippen MR) is 293 cm³/mol. The molecule has 0 aromatic rings. The third kappa shape index (κ3) is 54.8. The number of carbonyl (C=O) groups excluding carboxylic acids is 3. The van der Waals surface area contributed by atoms with Crippen LogP contribution in [0.2, 0.25) is 0 Å². The predicted octanol–water partition coefficient (Wildman–Crippen LogP) is 20.3. The molecule has 68 heavy (non-hydrogen) atoms. The number of carbonyl (C=O) groups is 3. The molecule has 1 unspecified atom stereocenters. The Bertz CT molecular complexity index is 1100.